The zero-order chi connectivity index (χ0) is 16.3. The summed E-state index contributed by atoms with van der Waals surface area (Å²) in [4.78, 5) is 14.1. The molecule has 1 aliphatic heterocycles. The first-order chi connectivity index (χ1) is 10.2. The van der Waals surface area contributed by atoms with Gasteiger partial charge in [-0.1, -0.05) is 23.7 Å². The average Bonchev–Trinajstić information content (AvgIpc) is 2.80. The van der Waals surface area contributed by atoms with Crippen LogP contribution in [0.4, 0.5) is 4.79 Å². The van der Waals surface area contributed by atoms with Crippen LogP contribution in [0.3, 0.4) is 0 Å². The van der Waals surface area contributed by atoms with Gasteiger partial charge in [-0.05, 0) is 54.8 Å². The fourth-order valence-corrected chi connectivity index (χ4v) is 3.06. The van der Waals surface area contributed by atoms with E-state index in [1.807, 2.05) is 32.9 Å². The van der Waals surface area contributed by atoms with E-state index in [9.17, 15) is 4.79 Å². The number of halogens is 2. The number of hydrogen-bond acceptors (Lipinski definition) is 3. The Morgan fingerprint density at radius 1 is 1.50 bits per heavy atom. The molecule has 6 heteroatoms. The molecule has 1 N–H and O–H groups in total. The van der Waals surface area contributed by atoms with Crippen LogP contribution in [0.1, 0.15) is 32.8 Å². The van der Waals surface area contributed by atoms with E-state index in [4.69, 9.17) is 16.3 Å². The number of hydrogen-bond donors (Lipinski definition) is 1. The highest BCUT2D eigenvalue weighted by Gasteiger charge is 2.26. The largest absolute Gasteiger partial charge is 0.444 e. The van der Waals surface area contributed by atoms with Gasteiger partial charge in [-0.15, -0.1) is 0 Å². The molecule has 0 unspecified atom stereocenters. The molecule has 1 aromatic rings. The number of ether oxygens (including phenoxy) is 1. The van der Waals surface area contributed by atoms with Crippen LogP contribution >= 0.6 is 27.5 Å². The Labute approximate surface area is 145 Å². The summed E-state index contributed by atoms with van der Waals surface area (Å²) in [5, 5.41) is 3.66. The summed E-state index contributed by atoms with van der Waals surface area (Å²) in [5.41, 5.74) is 0.694. The van der Waals surface area contributed by atoms with Crippen LogP contribution in [0.2, 0.25) is 5.02 Å². The SMILES string of the molecule is CC(C)(C)OC(=O)N[C@@H]1CCN(Cc2cccc(Cl)c2Br)C1. The molecular weight excluding hydrogens is 368 g/mol. The lowest BCUT2D eigenvalue weighted by atomic mass is 10.2. The van der Waals surface area contributed by atoms with Gasteiger partial charge in [0.05, 0.1) is 5.02 Å². The molecule has 0 aliphatic carbocycles. The molecule has 0 saturated carbocycles. The van der Waals surface area contributed by atoms with E-state index in [1.54, 1.807) is 0 Å². The van der Waals surface area contributed by atoms with Crippen molar-refractivity contribution in [2.75, 3.05) is 13.1 Å². The summed E-state index contributed by atoms with van der Waals surface area (Å²) < 4.78 is 6.24. The van der Waals surface area contributed by atoms with Crippen LogP contribution < -0.4 is 5.32 Å². The number of amides is 1. The molecule has 122 valence electrons. The normalized spacial score (nSPS) is 19.2. The zero-order valence-electron chi connectivity index (χ0n) is 13.2. The minimum atomic E-state index is -0.464. The highest BCUT2D eigenvalue weighted by atomic mass is 79.9. The number of nitrogens with one attached hydrogen (secondary N) is 1. The first kappa shape index (κ1) is 17.6. The third-order valence-corrected chi connectivity index (χ3v) is 4.90. The molecule has 1 aliphatic rings. The van der Waals surface area contributed by atoms with Crippen molar-refractivity contribution in [1.29, 1.82) is 0 Å². The standard InChI is InChI=1S/C16H22BrClN2O2/c1-16(2,3)22-15(21)19-12-7-8-20(10-12)9-11-5-4-6-13(18)14(11)17/h4-6,12H,7-10H2,1-3H3,(H,19,21)/t12-/m1/s1. The van der Waals surface area contributed by atoms with Crippen LogP contribution in [0.5, 0.6) is 0 Å². The number of carbonyl (C=O) groups is 1. The van der Waals surface area contributed by atoms with Crippen molar-refractivity contribution in [1.82, 2.24) is 10.2 Å². The Hall–Kier alpha value is -0.780. The van der Waals surface area contributed by atoms with Crippen molar-refractivity contribution in [2.45, 2.75) is 45.4 Å². The Kier molecular flexibility index (Phi) is 5.75. The maximum Gasteiger partial charge on any atom is 0.407 e. The van der Waals surface area contributed by atoms with Crippen molar-refractivity contribution in [2.24, 2.45) is 0 Å². The summed E-state index contributed by atoms with van der Waals surface area (Å²) in [6, 6.07) is 6.01. The third-order valence-electron chi connectivity index (χ3n) is 3.42. The first-order valence-corrected chi connectivity index (χ1v) is 8.56. The number of benzene rings is 1. The Bertz CT molecular complexity index is 545. The topological polar surface area (TPSA) is 41.6 Å². The van der Waals surface area contributed by atoms with Gasteiger partial charge < -0.3 is 10.1 Å². The van der Waals surface area contributed by atoms with Crippen LogP contribution in [0.25, 0.3) is 0 Å². The van der Waals surface area contributed by atoms with Gasteiger partial charge in [0.1, 0.15) is 5.60 Å². The minimum Gasteiger partial charge on any atom is -0.444 e. The highest BCUT2D eigenvalue weighted by molar-refractivity contribution is 9.10. The lowest BCUT2D eigenvalue weighted by molar-refractivity contribution is 0.0506. The Balaban J connectivity index is 1.85. The van der Waals surface area contributed by atoms with E-state index in [0.29, 0.717) is 0 Å². The number of carbonyl (C=O) groups excluding carboxylic acids is 1. The molecule has 4 nitrogen and oxygen atoms in total. The van der Waals surface area contributed by atoms with E-state index in [1.165, 1.54) is 0 Å². The molecular formula is C16H22BrClN2O2. The summed E-state index contributed by atoms with van der Waals surface area (Å²) in [6.45, 7) is 8.17. The second-order valence-electron chi connectivity index (χ2n) is 6.58. The second kappa shape index (κ2) is 7.20. The lowest BCUT2D eigenvalue weighted by Gasteiger charge is -2.22. The monoisotopic (exact) mass is 388 g/mol. The summed E-state index contributed by atoms with van der Waals surface area (Å²) in [7, 11) is 0. The maximum atomic E-state index is 11.8. The van der Waals surface area contributed by atoms with Gasteiger partial charge >= 0.3 is 6.09 Å². The minimum absolute atomic E-state index is 0.132. The van der Waals surface area contributed by atoms with Crippen molar-refractivity contribution in [3.05, 3.63) is 33.3 Å². The van der Waals surface area contributed by atoms with Gasteiger partial charge in [0, 0.05) is 30.1 Å². The van der Waals surface area contributed by atoms with Crippen LogP contribution in [0, 0.1) is 0 Å². The molecule has 1 amide bonds. The molecule has 0 bridgehead atoms. The van der Waals surface area contributed by atoms with Gasteiger partial charge in [0.15, 0.2) is 0 Å². The summed E-state index contributed by atoms with van der Waals surface area (Å²) in [5.74, 6) is 0. The Morgan fingerprint density at radius 2 is 2.23 bits per heavy atom. The highest BCUT2D eigenvalue weighted by Crippen LogP contribution is 2.28. The predicted octanol–water partition coefficient (Wildman–Crippen LogP) is 4.20. The summed E-state index contributed by atoms with van der Waals surface area (Å²) in [6.07, 6.45) is 0.584. The van der Waals surface area contributed by atoms with Gasteiger partial charge in [-0.3, -0.25) is 4.90 Å². The maximum absolute atomic E-state index is 11.8. The number of likely N-dealkylation sites (tertiary alicyclic amines) is 1. The predicted molar refractivity (Wildman–Crippen MR) is 92.2 cm³/mol. The van der Waals surface area contributed by atoms with E-state index in [2.05, 4.69) is 32.2 Å². The van der Waals surface area contributed by atoms with Crippen molar-refractivity contribution in [3.63, 3.8) is 0 Å². The number of rotatable bonds is 3. The molecule has 2 rings (SSSR count). The fraction of sp³-hybridized carbons (Fsp3) is 0.562. The molecule has 0 spiro atoms. The van der Waals surface area contributed by atoms with E-state index in [0.717, 1.165) is 41.1 Å². The van der Waals surface area contributed by atoms with Gasteiger partial charge in [-0.2, -0.15) is 0 Å². The van der Waals surface area contributed by atoms with Crippen LogP contribution in [-0.4, -0.2) is 35.7 Å². The van der Waals surface area contributed by atoms with Gasteiger partial charge in [0.25, 0.3) is 0 Å². The molecule has 1 heterocycles. The van der Waals surface area contributed by atoms with E-state index in [-0.39, 0.29) is 12.1 Å². The van der Waals surface area contributed by atoms with Gasteiger partial charge in [-0.25, -0.2) is 4.79 Å². The Morgan fingerprint density at radius 3 is 2.91 bits per heavy atom. The van der Waals surface area contributed by atoms with Crippen LogP contribution in [-0.2, 0) is 11.3 Å². The summed E-state index contributed by atoms with van der Waals surface area (Å²) >= 11 is 9.65. The van der Waals surface area contributed by atoms with Crippen molar-refractivity contribution < 1.29 is 9.53 Å². The van der Waals surface area contributed by atoms with Crippen molar-refractivity contribution >= 4 is 33.6 Å². The smallest absolute Gasteiger partial charge is 0.407 e. The average molecular weight is 390 g/mol. The second-order valence-corrected chi connectivity index (χ2v) is 7.78. The zero-order valence-corrected chi connectivity index (χ0v) is 15.5. The molecule has 0 aromatic heterocycles. The fourth-order valence-electron chi connectivity index (χ4n) is 2.48. The molecule has 0 radical (unpaired) electrons. The third kappa shape index (κ3) is 5.14. The lowest BCUT2D eigenvalue weighted by Crippen LogP contribution is -2.40. The molecule has 1 atom stereocenters. The molecule has 22 heavy (non-hydrogen) atoms. The molecule has 1 fully saturated rings. The van der Waals surface area contributed by atoms with Crippen LogP contribution in [0.15, 0.2) is 22.7 Å². The number of nitrogens with zero attached hydrogens (tertiary/aromatic N) is 1. The molecule has 1 saturated heterocycles. The van der Waals surface area contributed by atoms with E-state index >= 15 is 0 Å². The number of alkyl carbamates (subject to hydrolysis) is 1. The van der Waals surface area contributed by atoms with Crippen molar-refractivity contribution in [3.8, 4) is 0 Å². The molecule has 1 aromatic carbocycles. The van der Waals surface area contributed by atoms with Gasteiger partial charge in [0.2, 0.25) is 0 Å². The first-order valence-electron chi connectivity index (χ1n) is 7.39. The quantitative estimate of drug-likeness (QED) is 0.842. The van der Waals surface area contributed by atoms with E-state index < -0.39 is 5.60 Å².